The number of para-hydroxylation sites is 1. The molecule has 1 aliphatic rings. The van der Waals surface area contributed by atoms with E-state index in [2.05, 4.69) is 4.99 Å². The van der Waals surface area contributed by atoms with Gasteiger partial charge < -0.3 is 15.0 Å². The van der Waals surface area contributed by atoms with E-state index in [9.17, 15) is 19.8 Å². The third kappa shape index (κ3) is 3.06. The van der Waals surface area contributed by atoms with E-state index in [-0.39, 0.29) is 26.7 Å². The number of nitrogens with zero attached hydrogens (tertiary/aromatic N) is 2. The van der Waals surface area contributed by atoms with Crippen LogP contribution in [0.5, 0.6) is 5.88 Å². The van der Waals surface area contributed by atoms with Gasteiger partial charge in [0.2, 0.25) is 5.88 Å². The molecule has 0 spiro atoms. The topological polar surface area (TPSA) is 94.7 Å². The summed E-state index contributed by atoms with van der Waals surface area (Å²) < 4.78 is 1.28. The van der Waals surface area contributed by atoms with Gasteiger partial charge in [-0.2, -0.15) is 0 Å². The Hall–Kier alpha value is -3.10. The Balaban J connectivity index is 1.87. The fourth-order valence-corrected chi connectivity index (χ4v) is 4.65. The van der Waals surface area contributed by atoms with Gasteiger partial charge in [-0.15, -0.1) is 11.3 Å². The maximum Gasteiger partial charge on any atom is 0.279 e. The van der Waals surface area contributed by atoms with E-state index < -0.39 is 17.9 Å². The van der Waals surface area contributed by atoms with Gasteiger partial charge in [0, 0.05) is 5.22 Å². The number of rotatable bonds is 5. The second-order valence-electron chi connectivity index (χ2n) is 6.22. The molecule has 28 heavy (non-hydrogen) atoms. The Morgan fingerprint density at radius 1 is 1.18 bits per heavy atom. The second kappa shape index (κ2) is 7.14. The number of amides is 1. The zero-order chi connectivity index (χ0) is 19.8. The van der Waals surface area contributed by atoms with Crippen LogP contribution in [-0.2, 0) is 16.0 Å². The van der Waals surface area contributed by atoms with Crippen LogP contribution >= 0.6 is 23.6 Å². The van der Waals surface area contributed by atoms with Gasteiger partial charge in [0.05, 0.1) is 22.9 Å². The molecular formula is C20H13N2O4S2-. The summed E-state index contributed by atoms with van der Waals surface area (Å²) in [5.41, 5.74) is 0.982. The molecule has 6 nitrogen and oxygen atoms in total. The number of carboxylic acid groups (broad SMARTS) is 1. The standard InChI is InChI=1S/C20H14N2O4S2/c23-17-15(12-8-4-5-9-13(12)21-17)16-18(24)22(20(27)28-16)14(19(25)26)10-11-6-2-1-3-7-11/h1-9,14,24H,10H2,(H,25,26)/p-1/t14-/m1/s1. The number of carboxylic acids is 1. The molecule has 2 aromatic carbocycles. The van der Waals surface area contributed by atoms with Crippen LogP contribution in [0.4, 0.5) is 0 Å². The molecule has 0 saturated carbocycles. The minimum absolute atomic E-state index is 0.0887. The van der Waals surface area contributed by atoms with Crippen LogP contribution in [0.25, 0.3) is 5.57 Å². The molecule has 2 heterocycles. The summed E-state index contributed by atoms with van der Waals surface area (Å²) in [6.07, 6.45) is 0.0887. The van der Waals surface area contributed by atoms with E-state index in [1.54, 1.807) is 48.5 Å². The van der Waals surface area contributed by atoms with Crippen molar-refractivity contribution in [2.45, 2.75) is 12.5 Å². The Bertz CT molecular complexity index is 1280. The fraction of sp³-hybridized carbons (Fsp3) is 0.100. The van der Waals surface area contributed by atoms with Crippen molar-refractivity contribution in [2.75, 3.05) is 0 Å². The summed E-state index contributed by atoms with van der Waals surface area (Å²) >= 11 is 6.30. The highest BCUT2D eigenvalue weighted by atomic mass is 32.1. The van der Waals surface area contributed by atoms with Crippen molar-refractivity contribution in [3.63, 3.8) is 0 Å². The number of carbonyl (C=O) groups excluding carboxylic acids is 2. The molecule has 3 aromatic rings. The number of aromatic nitrogens is 1. The van der Waals surface area contributed by atoms with Gasteiger partial charge in [-0.25, -0.2) is 4.99 Å². The number of carbonyl (C=O) groups is 2. The average molecular weight is 409 g/mol. The van der Waals surface area contributed by atoms with Crippen LogP contribution in [0.1, 0.15) is 16.5 Å². The molecule has 1 atom stereocenters. The molecule has 0 fully saturated rings. The van der Waals surface area contributed by atoms with Gasteiger partial charge in [-0.3, -0.25) is 9.36 Å². The Morgan fingerprint density at radius 3 is 2.57 bits per heavy atom. The zero-order valence-corrected chi connectivity index (χ0v) is 16.0. The molecule has 140 valence electrons. The zero-order valence-electron chi connectivity index (χ0n) is 14.4. The van der Waals surface area contributed by atoms with Crippen LogP contribution in [0.15, 0.2) is 59.6 Å². The second-order valence-corrected chi connectivity index (χ2v) is 7.87. The molecule has 0 unspecified atom stereocenters. The molecule has 1 aliphatic heterocycles. The Labute approximate surface area is 168 Å². The van der Waals surface area contributed by atoms with Crippen molar-refractivity contribution >= 4 is 41.0 Å². The van der Waals surface area contributed by atoms with Crippen molar-refractivity contribution < 1.29 is 19.8 Å². The SMILES string of the molecule is O=C1N=c2ccccc2=C1c1sc(=S)n([C@H](Cc2ccccc2)C(=O)[O-])c1O. The largest absolute Gasteiger partial charge is 0.548 e. The van der Waals surface area contributed by atoms with Gasteiger partial charge in [0.15, 0.2) is 3.95 Å². The van der Waals surface area contributed by atoms with Crippen LogP contribution in [0.3, 0.4) is 0 Å². The van der Waals surface area contributed by atoms with Crippen molar-refractivity contribution in [3.8, 4) is 5.88 Å². The number of hydrogen-bond acceptors (Lipinski definition) is 6. The summed E-state index contributed by atoms with van der Waals surface area (Å²) in [4.78, 5) is 28.4. The lowest BCUT2D eigenvalue weighted by atomic mass is 10.1. The molecule has 0 bridgehead atoms. The van der Waals surface area contributed by atoms with E-state index >= 15 is 0 Å². The first-order valence-corrected chi connectivity index (χ1v) is 9.61. The van der Waals surface area contributed by atoms with E-state index in [0.29, 0.717) is 10.6 Å². The van der Waals surface area contributed by atoms with Gasteiger partial charge in [0.25, 0.3) is 5.91 Å². The highest BCUT2D eigenvalue weighted by Gasteiger charge is 2.28. The molecule has 0 saturated heterocycles. The number of aromatic hydroxyl groups is 1. The third-order valence-corrected chi connectivity index (χ3v) is 5.92. The first-order valence-electron chi connectivity index (χ1n) is 8.39. The van der Waals surface area contributed by atoms with Crippen LogP contribution in [-0.4, -0.2) is 21.6 Å². The van der Waals surface area contributed by atoms with Crippen molar-refractivity contribution in [3.05, 3.63) is 79.6 Å². The number of fused-ring (bicyclic) bond motifs is 1. The quantitative estimate of drug-likeness (QED) is 0.631. The molecule has 8 heteroatoms. The van der Waals surface area contributed by atoms with Crippen molar-refractivity contribution in [1.82, 2.24) is 4.57 Å². The normalized spacial score (nSPS) is 13.9. The van der Waals surface area contributed by atoms with E-state index in [1.165, 1.54) is 0 Å². The average Bonchev–Trinajstić information content (AvgIpc) is 3.15. The van der Waals surface area contributed by atoms with E-state index in [1.807, 2.05) is 6.07 Å². The summed E-state index contributed by atoms with van der Waals surface area (Å²) in [6.45, 7) is 0. The van der Waals surface area contributed by atoms with Gasteiger partial charge in [-0.1, -0.05) is 48.5 Å². The minimum atomic E-state index is -1.37. The van der Waals surface area contributed by atoms with Gasteiger partial charge in [-0.05, 0) is 30.3 Å². The molecule has 1 N–H and O–H groups in total. The number of aliphatic carboxylic acids is 1. The Kier molecular flexibility index (Phi) is 4.66. The first kappa shape index (κ1) is 18.3. The number of benzene rings is 2. The predicted molar refractivity (Wildman–Crippen MR) is 104 cm³/mol. The Morgan fingerprint density at radius 2 is 1.86 bits per heavy atom. The molecule has 0 aliphatic carbocycles. The summed E-state index contributed by atoms with van der Waals surface area (Å²) in [5.74, 6) is -2.23. The fourth-order valence-electron chi connectivity index (χ4n) is 3.22. The minimum Gasteiger partial charge on any atom is -0.548 e. The maximum absolute atomic E-state index is 12.4. The molecule has 1 aromatic heterocycles. The maximum atomic E-state index is 12.4. The molecular weight excluding hydrogens is 396 g/mol. The van der Waals surface area contributed by atoms with Gasteiger partial charge >= 0.3 is 0 Å². The lowest BCUT2D eigenvalue weighted by Gasteiger charge is -2.20. The predicted octanol–water partition coefficient (Wildman–Crippen LogP) is 0.877. The number of hydrogen-bond donors (Lipinski definition) is 1. The van der Waals surface area contributed by atoms with E-state index in [0.717, 1.165) is 21.5 Å². The van der Waals surface area contributed by atoms with Crippen LogP contribution < -0.4 is 15.7 Å². The summed E-state index contributed by atoms with van der Waals surface area (Å²) in [7, 11) is 0. The van der Waals surface area contributed by atoms with Crippen LogP contribution in [0, 0.1) is 3.95 Å². The lowest BCUT2D eigenvalue weighted by Crippen LogP contribution is -2.34. The van der Waals surface area contributed by atoms with E-state index in [4.69, 9.17) is 12.2 Å². The molecule has 0 radical (unpaired) electrons. The highest BCUT2D eigenvalue weighted by Crippen LogP contribution is 2.35. The number of thiazole rings is 1. The van der Waals surface area contributed by atoms with Gasteiger partial charge in [0.1, 0.15) is 4.88 Å². The monoisotopic (exact) mass is 409 g/mol. The highest BCUT2D eigenvalue weighted by molar-refractivity contribution is 7.73. The summed E-state index contributed by atoms with van der Waals surface area (Å²) in [5, 5.41) is 23.7. The van der Waals surface area contributed by atoms with Crippen LogP contribution in [0.2, 0.25) is 0 Å². The smallest absolute Gasteiger partial charge is 0.279 e. The lowest BCUT2D eigenvalue weighted by molar-refractivity contribution is -0.310. The van der Waals surface area contributed by atoms with Crippen molar-refractivity contribution in [1.29, 1.82) is 0 Å². The van der Waals surface area contributed by atoms with Crippen molar-refractivity contribution in [2.24, 2.45) is 4.99 Å². The molecule has 1 amide bonds. The summed E-state index contributed by atoms with van der Waals surface area (Å²) in [6, 6.07) is 14.7. The first-order chi connectivity index (χ1) is 13.5. The molecule has 4 rings (SSSR count). The third-order valence-electron chi connectivity index (χ3n) is 4.51.